The van der Waals surface area contributed by atoms with E-state index in [1.54, 1.807) is 0 Å². The normalized spacial score (nSPS) is 10.8. The maximum Gasteiger partial charge on any atom is 0.311 e. The van der Waals surface area contributed by atoms with Crippen LogP contribution < -0.4 is 10.7 Å². The molecule has 0 fully saturated rings. The fourth-order valence-electron chi connectivity index (χ4n) is 2.54. The first-order valence-electron chi connectivity index (χ1n) is 8.05. The maximum atomic E-state index is 11.9. The van der Waals surface area contributed by atoms with Crippen LogP contribution in [-0.2, 0) is 4.79 Å². The van der Waals surface area contributed by atoms with Crippen molar-refractivity contribution in [3.05, 3.63) is 76.3 Å². The van der Waals surface area contributed by atoms with Gasteiger partial charge in [-0.05, 0) is 23.6 Å². The van der Waals surface area contributed by atoms with Gasteiger partial charge in [0.15, 0.2) is 5.75 Å². The third kappa shape index (κ3) is 4.37. The van der Waals surface area contributed by atoms with Crippen LogP contribution in [-0.4, -0.2) is 28.7 Å². The van der Waals surface area contributed by atoms with Gasteiger partial charge in [-0.1, -0.05) is 36.4 Å². The summed E-state index contributed by atoms with van der Waals surface area (Å²) >= 11 is 0. The minimum absolute atomic E-state index is 0.0150. The number of anilines is 1. The number of amides is 1. The summed E-state index contributed by atoms with van der Waals surface area (Å²) in [6.45, 7) is 0.0150. The van der Waals surface area contributed by atoms with Crippen LogP contribution in [0, 0.1) is 10.1 Å². The Morgan fingerprint density at radius 1 is 1.15 bits per heavy atom. The highest BCUT2D eigenvalue weighted by Crippen LogP contribution is 2.25. The Kier molecular flexibility index (Phi) is 5.27. The van der Waals surface area contributed by atoms with Crippen molar-refractivity contribution >= 4 is 34.3 Å². The first kappa shape index (κ1) is 17.9. The van der Waals surface area contributed by atoms with Gasteiger partial charge in [0.2, 0.25) is 0 Å². The van der Waals surface area contributed by atoms with Gasteiger partial charge < -0.3 is 10.4 Å². The van der Waals surface area contributed by atoms with Crippen LogP contribution in [0.25, 0.3) is 10.8 Å². The molecule has 3 rings (SSSR count). The molecule has 3 N–H and O–H groups in total. The van der Waals surface area contributed by atoms with Crippen molar-refractivity contribution in [2.75, 3.05) is 11.9 Å². The van der Waals surface area contributed by atoms with E-state index in [9.17, 15) is 20.0 Å². The molecule has 0 aliphatic rings. The maximum absolute atomic E-state index is 11.9. The van der Waals surface area contributed by atoms with Gasteiger partial charge in [0.1, 0.15) is 0 Å². The van der Waals surface area contributed by atoms with E-state index in [0.717, 1.165) is 16.5 Å². The molecule has 27 heavy (non-hydrogen) atoms. The Balaban J connectivity index is 1.59. The molecule has 136 valence electrons. The zero-order valence-electron chi connectivity index (χ0n) is 14.1. The first-order valence-corrected chi connectivity index (χ1v) is 8.05. The first-order chi connectivity index (χ1) is 13.0. The average molecular weight is 364 g/mol. The second-order valence-corrected chi connectivity index (χ2v) is 5.68. The molecule has 0 aliphatic carbocycles. The van der Waals surface area contributed by atoms with Crippen LogP contribution in [0.4, 0.5) is 11.4 Å². The van der Waals surface area contributed by atoms with Crippen LogP contribution in [0.1, 0.15) is 5.56 Å². The highest BCUT2D eigenvalue weighted by Gasteiger charge is 2.12. The van der Waals surface area contributed by atoms with Crippen molar-refractivity contribution in [2.45, 2.75) is 0 Å². The molecule has 8 nitrogen and oxygen atoms in total. The summed E-state index contributed by atoms with van der Waals surface area (Å²) in [5, 5.41) is 29.1. The van der Waals surface area contributed by atoms with Crippen molar-refractivity contribution in [1.82, 2.24) is 5.43 Å². The Morgan fingerprint density at radius 3 is 2.74 bits per heavy atom. The molecular formula is C19H16N4O4. The van der Waals surface area contributed by atoms with Crippen molar-refractivity contribution in [3.63, 3.8) is 0 Å². The lowest BCUT2D eigenvalue weighted by Crippen LogP contribution is -2.25. The topological polar surface area (TPSA) is 117 Å². The predicted octanol–water partition coefficient (Wildman–Crippen LogP) is 3.02. The molecule has 0 saturated carbocycles. The molecule has 1 amide bonds. The number of carbonyl (C=O) groups is 1. The molecule has 0 aliphatic heterocycles. The molecule has 0 spiro atoms. The third-order valence-electron chi connectivity index (χ3n) is 3.83. The molecule has 0 radical (unpaired) electrons. The highest BCUT2D eigenvalue weighted by molar-refractivity contribution is 5.95. The van der Waals surface area contributed by atoms with Gasteiger partial charge in [0, 0.05) is 22.7 Å². The number of nitrogens with one attached hydrogen (secondary N) is 2. The smallest absolute Gasteiger partial charge is 0.311 e. The van der Waals surface area contributed by atoms with Gasteiger partial charge in [-0.25, -0.2) is 5.43 Å². The van der Waals surface area contributed by atoms with Crippen molar-refractivity contribution < 1.29 is 14.8 Å². The van der Waals surface area contributed by atoms with Gasteiger partial charge in [-0.2, -0.15) is 5.10 Å². The van der Waals surface area contributed by atoms with Crippen LogP contribution >= 0.6 is 0 Å². The number of fused-ring (bicyclic) bond motifs is 1. The minimum atomic E-state index is -0.695. The number of nitrogens with zero attached hydrogens (tertiary/aromatic N) is 2. The minimum Gasteiger partial charge on any atom is -0.502 e. The summed E-state index contributed by atoms with van der Waals surface area (Å²) in [5.74, 6) is -0.798. The van der Waals surface area contributed by atoms with E-state index in [0.29, 0.717) is 5.56 Å². The van der Waals surface area contributed by atoms with Crippen LogP contribution in [0.3, 0.4) is 0 Å². The largest absolute Gasteiger partial charge is 0.502 e. The number of hydrogen-bond acceptors (Lipinski definition) is 6. The molecule has 0 saturated heterocycles. The molecule has 0 bridgehead atoms. The number of aromatic hydroxyl groups is 1. The number of hydrogen-bond donors (Lipinski definition) is 3. The summed E-state index contributed by atoms with van der Waals surface area (Å²) in [4.78, 5) is 22.0. The number of nitro benzene ring substituents is 1. The monoisotopic (exact) mass is 364 g/mol. The van der Waals surface area contributed by atoms with E-state index < -0.39 is 16.4 Å². The Bertz CT molecular complexity index is 1030. The van der Waals surface area contributed by atoms with Gasteiger partial charge in [0.25, 0.3) is 5.91 Å². The van der Waals surface area contributed by atoms with Crippen molar-refractivity contribution in [3.8, 4) is 5.75 Å². The van der Waals surface area contributed by atoms with Crippen molar-refractivity contribution in [2.24, 2.45) is 5.10 Å². The van der Waals surface area contributed by atoms with E-state index in [4.69, 9.17) is 0 Å². The number of phenolic OH excluding ortho intramolecular Hbond substituents is 1. The summed E-state index contributed by atoms with van der Waals surface area (Å²) < 4.78 is 0. The summed E-state index contributed by atoms with van der Waals surface area (Å²) in [7, 11) is 0. The van der Waals surface area contributed by atoms with E-state index in [1.807, 2.05) is 42.5 Å². The number of rotatable bonds is 6. The Morgan fingerprint density at radius 2 is 1.93 bits per heavy atom. The summed E-state index contributed by atoms with van der Waals surface area (Å²) in [5.41, 5.74) is 3.13. The fourth-order valence-corrected chi connectivity index (χ4v) is 2.54. The van der Waals surface area contributed by atoms with E-state index in [-0.39, 0.29) is 12.5 Å². The van der Waals surface area contributed by atoms with E-state index in [1.165, 1.54) is 24.4 Å². The molecular weight excluding hydrogens is 348 g/mol. The molecule has 8 heteroatoms. The zero-order chi connectivity index (χ0) is 19.2. The SMILES string of the molecule is O=C(CNc1cccc2ccccc12)NN=Cc1ccc(O)c([N+](=O)[O-])c1. The molecule has 3 aromatic carbocycles. The van der Waals surface area contributed by atoms with E-state index >= 15 is 0 Å². The number of benzene rings is 3. The number of hydrazone groups is 1. The summed E-state index contributed by atoms with van der Waals surface area (Å²) in [6.07, 6.45) is 1.27. The van der Waals surface area contributed by atoms with Crippen LogP contribution in [0.5, 0.6) is 5.75 Å². The zero-order valence-corrected chi connectivity index (χ0v) is 14.1. The van der Waals surface area contributed by atoms with Gasteiger partial charge in [-0.3, -0.25) is 14.9 Å². The van der Waals surface area contributed by atoms with Gasteiger partial charge in [0.05, 0.1) is 17.7 Å². The van der Waals surface area contributed by atoms with Gasteiger partial charge in [-0.15, -0.1) is 0 Å². The van der Waals surface area contributed by atoms with E-state index in [2.05, 4.69) is 15.8 Å². The lowest BCUT2D eigenvalue weighted by molar-refractivity contribution is -0.385. The lowest BCUT2D eigenvalue weighted by Gasteiger charge is -2.08. The molecule has 0 unspecified atom stereocenters. The van der Waals surface area contributed by atoms with Crippen LogP contribution in [0.15, 0.2) is 65.8 Å². The third-order valence-corrected chi connectivity index (χ3v) is 3.83. The standard InChI is InChI=1S/C19H16N4O4/c24-18-9-8-13(10-17(18)23(26)27)11-21-22-19(25)12-20-16-7-3-5-14-4-1-2-6-15(14)16/h1-11,20,24H,12H2,(H,22,25). The Labute approximate surface area is 154 Å². The average Bonchev–Trinajstić information content (AvgIpc) is 2.67. The lowest BCUT2D eigenvalue weighted by atomic mass is 10.1. The highest BCUT2D eigenvalue weighted by atomic mass is 16.6. The number of carbonyl (C=O) groups excluding carboxylic acids is 1. The van der Waals surface area contributed by atoms with Crippen molar-refractivity contribution in [1.29, 1.82) is 0 Å². The van der Waals surface area contributed by atoms with Crippen LogP contribution in [0.2, 0.25) is 0 Å². The quantitative estimate of drug-likeness (QED) is 0.353. The molecule has 3 aromatic rings. The number of phenols is 1. The second-order valence-electron chi connectivity index (χ2n) is 5.68. The molecule has 0 heterocycles. The predicted molar refractivity (Wildman–Crippen MR) is 103 cm³/mol. The number of nitro groups is 1. The van der Waals surface area contributed by atoms with Gasteiger partial charge >= 0.3 is 5.69 Å². The molecule has 0 aromatic heterocycles. The Hall–Kier alpha value is -3.94. The second kappa shape index (κ2) is 7.96. The summed E-state index contributed by atoms with van der Waals surface area (Å²) in [6, 6.07) is 17.4. The molecule has 0 atom stereocenters. The fraction of sp³-hybridized carbons (Fsp3) is 0.0526.